The zero-order valence-corrected chi connectivity index (χ0v) is 10.8. The Balaban J connectivity index is 2.05. The van der Waals surface area contributed by atoms with Crippen LogP contribution in [0.1, 0.15) is 12.8 Å². The Labute approximate surface area is 105 Å². The van der Waals surface area contributed by atoms with E-state index in [4.69, 9.17) is 17.3 Å². The minimum atomic E-state index is -2.84. The van der Waals surface area contributed by atoms with Crippen LogP contribution in [0.5, 0.6) is 0 Å². The quantitative estimate of drug-likeness (QED) is 0.795. The molecule has 17 heavy (non-hydrogen) atoms. The number of nitrogens with one attached hydrogen (secondary N) is 1. The highest BCUT2D eigenvalue weighted by Gasteiger charge is 2.24. The summed E-state index contributed by atoms with van der Waals surface area (Å²) in [6, 6.07) is 3.39. The van der Waals surface area contributed by atoms with Gasteiger partial charge in [-0.05, 0) is 25.0 Å². The van der Waals surface area contributed by atoms with Crippen molar-refractivity contribution < 1.29 is 8.42 Å². The number of halogens is 1. The smallest absolute Gasteiger partial charge is 0.151 e. The summed E-state index contributed by atoms with van der Waals surface area (Å²) in [7, 11) is -2.84. The largest absolute Gasteiger partial charge is 0.396 e. The highest BCUT2D eigenvalue weighted by atomic mass is 35.5. The van der Waals surface area contributed by atoms with Crippen molar-refractivity contribution in [3.63, 3.8) is 0 Å². The highest BCUT2D eigenvalue weighted by Crippen LogP contribution is 2.22. The number of pyridine rings is 1. The Morgan fingerprint density at radius 3 is 2.65 bits per heavy atom. The number of hydrogen-bond acceptors (Lipinski definition) is 5. The van der Waals surface area contributed by atoms with Gasteiger partial charge >= 0.3 is 0 Å². The van der Waals surface area contributed by atoms with Crippen LogP contribution >= 0.6 is 11.6 Å². The first-order chi connectivity index (χ1) is 7.96. The maximum absolute atomic E-state index is 11.3. The Morgan fingerprint density at radius 2 is 2.00 bits per heavy atom. The summed E-state index contributed by atoms with van der Waals surface area (Å²) >= 11 is 5.78. The molecule has 0 aromatic carbocycles. The molecule has 1 fully saturated rings. The van der Waals surface area contributed by atoms with Crippen molar-refractivity contribution in [2.45, 2.75) is 18.9 Å². The molecule has 0 atom stereocenters. The van der Waals surface area contributed by atoms with E-state index >= 15 is 0 Å². The second-order valence-electron chi connectivity index (χ2n) is 4.14. The first-order valence-corrected chi connectivity index (χ1v) is 7.55. The van der Waals surface area contributed by atoms with Gasteiger partial charge < -0.3 is 11.1 Å². The topological polar surface area (TPSA) is 85.1 Å². The van der Waals surface area contributed by atoms with E-state index in [2.05, 4.69) is 10.3 Å². The van der Waals surface area contributed by atoms with E-state index in [1.165, 1.54) is 0 Å². The predicted octanol–water partition coefficient (Wildman–Crippen LogP) is 1.31. The zero-order chi connectivity index (χ0) is 12.5. The summed E-state index contributed by atoms with van der Waals surface area (Å²) in [6.07, 6.45) is 1.16. The van der Waals surface area contributed by atoms with E-state index in [0.717, 1.165) is 0 Å². The average Bonchev–Trinajstić information content (AvgIpc) is 2.26. The summed E-state index contributed by atoms with van der Waals surface area (Å²) in [5.74, 6) is 0.956. The molecular formula is C10H14ClN3O2S. The average molecular weight is 276 g/mol. The predicted molar refractivity (Wildman–Crippen MR) is 69.0 cm³/mol. The molecule has 0 radical (unpaired) electrons. The lowest BCUT2D eigenvalue weighted by atomic mass is 10.1. The van der Waals surface area contributed by atoms with Gasteiger partial charge in [-0.15, -0.1) is 0 Å². The standard InChI is InChI=1S/C10H14ClN3O2S/c11-9-2-1-8(12)10(14-9)13-7-3-5-17(15,16)6-4-7/h1-2,7H,3-6,12H2,(H,13,14). The van der Waals surface area contributed by atoms with Crippen molar-refractivity contribution in [1.29, 1.82) is 0 Å². The molecule has 1 aliphatic rings. The number of anilines is 2. The van der Waals surface area contributed by atoms with Gasteiger partial charge in [0.25, 0.3) is 0 Å². The van der Waals surface area contributed by atoms with E-state index in [0.29, 0.717) is 29.5 Å². The van der Waals surface area contributed by atoms with E-state index in [-0.39, 0.29) is 17.5 Å². The third kappa shape index (κ3) is 3.23. The molecule has 0 aliphatic carbocycles. The van der Waals surface area contributed by atoms with Gasteiger partial charge in [-0.2, -0.15) is 0 Å². The number of rotatable bonds is 2. The summed E-state index contributed by atoms with van der Waals surface area (Å²) in [5, 5.41) is 3.51. The van der Waals surface area contributed by atoms with Crippen LogP contribution in [0, 0.1) is 0 Å². The van der Waals surface area contributed by atoms with E-state index in [1.807, 2.05) is 0 Å². The molecular weight excluding hydrogens is 262 g/mol. The van der Waals surface area contributed by atoms with Crippen LogP contribution < -0.4 is 11.1 Å². The van der Waals surface area contributed by atoms with E-state index < -0.39 is 9.84 Å². The normalized spacial score (nSPS) is 20.1. The van der Waals surface area contributed by atoms with Crippen LogP contribution in [0.15, 0.2) is 12.1 Å². The van der Waals surface area contributed by atoms with Gasteiger partial charge in [-0.1, -0.05) is 11.6 Å². The van der Waals surface area contributed by atoms with Crippen LogP contribution in [0.2, 0.25) is 5.15 Å². The van der Waals surface area contributed by atoms with E-state index in [9.17, 15) is 8.42 Å². The van der Waals surface area contributed by atoms with Crippen molar-refractivity contribution >= 4 is 32.9 Å². The second-order valence-corrected chi connectivity index (χ2v) is 6.83. The van der Waals surface area contributed by atoms with Gasteiger partial charge in [0.15, 0.2) is 5.82 Å². The molecule has 0 saturated carbocycles. The van der Waals surface area contributed by atoms with Gasteiger partial charge in [0.1, 0.15) is 15.0 Å². The van der Waals surface area contributed by atoms with Crippen LogP contribution in [-0.2, 0) is 9.84 Å². The molecule has 3 N–H and O–H groups in total. The van der Waals surface area contributed by atoms with Crippen molar-refractivity contribution in [3.8, 4) is 0 Å². The first-order valence-electron chi connectivity index (χ1n) is 5.35. The summed E-state index contributed by atoms with van der Waals surface area (Å²) in [4.78, 5) is 4.08. The molecule has 5 nitrogen and oxygen atoms in total. The van der Waals surface area contributed by atoms with Crippen molar-refractivity contribution in [1.82, 2.24) is 4.98 Å². The number of nitrogens with two attached hydrogens (primary N) is 1. The number of nitrogen functional groups attached to an aromatic ring is 1. The molecule has 0 bridgehead atoms. The molecule has 0 amide bonds. The van der Waals surface area contributed by atoms with Gasteiger partial charge in [0, 0.05) is 6.04 Å². The molecule has 2 rings (SSSR count). The lowest BCUT2D eigenvalue weighted by molar-refractivity contribution is 0.559. The van der Waals surface area contributed by atoms with Crippen LogP contribution in [-0.4, -0.2) is 30.9 Å². The van der Waals surface area contributed by atoms with Crippen molar-refractivity contribution in [2.24, 2.45) is 0 Å². The first kappa shape index (κ1) is 12.4. The SMILES string of the molecule is Nc1ccc(Cl)nc1NC1CCS(=O)(=O)CC1. The minimum absolute atomic E-state index is 0.0896. The lowest BCUT2D eigenvalue weighted by Crippen LogP contribution is -2.32. The van der Waals surface area contributed by atoms with Crippen LogP contribution in [0.3, 0.4) is 0 Å². The van der Waals surface area contributed by atoms with Crippen LogP contribution in [0.25, 0.3) is 0 Å². The van der Waals surface area contributed by atoms with Gasteiger partial charge in [0.2, 0.25) is 0 Å². The Kier molecular flexibility index (Phi) is 3.44. The summed E-state index contributed by atoms with van der Waals surface area (Å²) < 4.78 is 22.6. The monoisotopic (exact) mass is 275 g/mol. The highest BCUT2D eigenvalue weighted by molar-refractivity contribution is 7.91. The second kappa shape index (κ2) is 4.70. The Hall–Kier alpha value is -1.01. The van der Waals surface area contributed by atoms with E-state index in [1.54, 1.807) is 12.1 Å². The van der Waals surface area contributed by atoms with Crippen LogP contribution in [0.4, 0.5) is 11.5 Å². The zero-order valence-electron chi connectivity index (χ0n) is 9.19. The molecule has 1 saturated heterocycles. The number of sulfone groups is 1. The fourth-order valence-electron chi connectivity index (χ4n) is 1.79. The van der Waals surface area contributed by atoms with Crippen molar-refractivity contribution in [2.75, 3.05) is 22.6 Å². The molecule has 1 aliphatic heterocycles. The Bertz CT molecular complexity index is 504. The maximum Gasteiger partial charge on any atom is 0.151 e. The molecule has 1 aromatic rings. The fourth-order valence-corrected chi connectivity index (χ4v) is 3.43. The van der Waals surface area contributed by atoms with Gasteiger partial charge in [-0.3, -0.25) is 0 Å². The molecule has 1 aromatic heterocycles. The van der Waals surface area contributed by atoms with Gasteiger partial charge in [0.05, 0.1) is 17.2 Å². The lowest BCUT2D eigenvalue weighted by Gasteiger charge is -2.24. The third-order valence-corrected chi connectivity index (χ3v) is 4.71. The maximum atomic E-state index is 11.3. The third-order valence-electron chi connectivity index (χ3n) is 2.79. The molecule has 0 unspecified atom stereocenters. The molecule has 0 spiro atoms. The minimum Gasteiger partial charge on any atom is -0.396 e. The molecule has 94 valence electrons. The van der Waals surface area contributed by atoms with Gasteiger partial charge in [-0.25, -0.2) is 13.4 Å². The number of hydrogen-bond donors (Lipinski definition) is 2. The van der Waals surface area contributed by atoms with Crippen molar-refractivity contribution in [3.05, 3.63) is 17.3 Å². The Morgan fingerprint density at radius 1 is 1.35 bits per heavy atom. The number of nitrogens with zero attached hydrogens (tertiary/aromatic N) is 1. The summed E-state index contributed by atoms with van der Waals surface area (Å²) in [5.41, 5.74) is 6.27. The fraction of sp³-hybridized carbons (Fsp3) is 0.500. The number of aromatic nitrogens is 1. The molecule has 2 heterocycles. The summed E-state index contributed by atoms with van der Waals surface area (Å²) in [6.45, 7) is 0. The molecule has 7 heteroatoms.